The van der Waals surface area contributed by atoms with Gasteiger partial charge < -0.3 is 10.1 Å². The van der Waals surface area contributed by atoms with Gasteiger partial charge in [-0.05, 0) is 64.9 Å². The third kappa shape index (κ3) is 4.38. The number of aromatic nitrogens is 6. The van der Waals surface area contributed by atoms with Gasteiger partial charge in [0, 0.05) is 47.5 Å². The number of allylic oxidation sites excluding steroid dienone is 2. The van der Waals surface area contributed by atoms with Crippen molar-refractivity contribution in [3.8, 4) is 5.88 Å². The van der Waals surface area contributed by atoms with Crippen molar-refractivity contribution in [3.63, 3.8) is 0 Å². The van der Waals surface area contributed by atoms with Crippen molar-refractivity contribution in [2.75, 3.05) is 12.4 Å². The number of aryl methyl sites for hydroxylation is 2. The normalized spacial score (nSPS) is 13.6. The first kappa shape index (κ1) is 23.1. The second-order valence-corrected chi connectivity index (χ2v) is 9.79. The molecule has 0 radical (unpaired) electrons. The van der Waals surface area contributed by atoms with E-state index >= 15 is 0 Å². The summed E-state index contributed by atoms with van der Waals surface area (Å²) in [5, 5.41) is 15.4. The molecular formula is C28H25N7OS. The first-order valence-electron chi connectivity index (χ1n) is 11.9. The Morgan fingerprint density at radius 2 is 1.97 bits per heavy atom. The molecule has 0 spiro atoms. The maximum atomic E-state index is 5.26. The van der Waals surface area contributed by atoms with Crippen LogP contribution in [0.25, 0.3) is 28.8 Å². The molecule has 0 fully saturated rings. The first-order chi connectivity index (χ1) is 18.1. The molecule has 0 saturated heterocycles. The zero-order valence-corrected chi connectivity index (χ0v) is 21.5. The van der Waals surface area contributed by atoms with Gasteiger partial charge in [0.1, 0.15) is 0 Å². The van der Waals surface area contributed by atoms with E-state index in [2.05, 4.69) is 62.2 Å². The van der Waals surface area contributed by atoms with Crippen LogP contribution in [-0.4, -0.2) is 37.1 Å². The van der Waals surface area contributed by atoms with Gasteiger partial charge in [0.05, 0.1) is 36.1 Å². The highest BCUT2D eigenvalue weighted by Gasteiger charge is 2.20. The second-order valence-electron chi connectivity index (χ2n) is 8.88. The van der Waals surface area contributed by atoms with Crippen LogP contribution in [0.2, 0.25) is 0 Å². The summed E-state index contributed by atoms with van der Waals surface area (Å²) in [6, 6.07) is 7.79. The maximum Gasteiger partial charge on any atom is 0.212 e. The van der Waals surface area contributed by atoms with E-state index in [4.69, 9.17) is 9.72 Å². The molecule has 0 aliphatic heterocycles. The number of pyridine rings is 1. The van der Waals surface area contributed by atoms with Gasteiger partial charge in [-0.1, -0.05) is 17.4 Å². The maximum absolute atomic E-state index is 5.26. The van der Waals surface area contributed by atoms with Crippen molar-refractivity contribution < 1.29 is 4.74 Å². The molecule has 4 heterocycles. The van der Waals surface area contributed by atoms with Crippen LogP contribution < -0.4 is 19.8 Å². The number of hydrogen-bond acceptors (Lipinski definition) is 8. The van der Waals surface area contributed by atoms with Crippen molar-refractivity contribution in [2.45, 2.75) is 19.4 Å². The molecule has 1 unspecified atom stereocenters. The monoisotopic (exact) mass is 507 g/mol. The van der Waals surface area contributed by atoms with Crippen LogP contribution in [0.3, 0.4) is 0 Å². The lowest BCUT2D eigenvalue weighted by Crippen LogP contribution is -2.19. The molecule has 0 saturated carbocycles. The van der Waals surface area contributed by atoms with Crippen LogP contribution in [0.1, 0.15) is 34.8 Å². The Labute approximate surface area is 217 Å². The zero-order valence-electron chi connectivity index (χ0n) is 20.7. The van der Waals surface area contributed by atoms with Crippen LogP contribution >= 0.6 is 11.3 Å². The number of nitrogens with one attached hydrogen (secondary N) is 1. The van der Waals surface area contributed by atoms with Crippen LogP contribution in [0, 0.1) is 6.92 Å². The summed E-state index contributed by atoms with van der Waals surface area (Å²) in [6.45, 7) is 2.16. The molecule has 0 bridgehead atoms. The van der Waals surface area contributed by atoms with Gasteiger partial charge in [-0.2, -0.15) is 0 Å². The highest BCUT2D eigenvalue weighted by Crippen LogP contribution is 2.32. The molecule has 9 heteroatoms. The van der Waals surface area contributed by atoms with E-state index in [9.17, 15) is 0 Å². The molecule has 5 aromatic rings. The van der Waals surface area contributed by atoms with Crippen molar-refractivity contribution in [1.82, 2.24) is 29.9 Å². The molecule has 4 aromatic heterocycles. The number of fused-ring (bicyclic) bond motifs is 2. The Kier molecular flexibility index (Phi) is 5.97. The van der Waals surface area contributed by atoms with E-state index in [1.165, 1.54) is 15.3 Å². The quantitative estimate of drug-likeness (QED) is 0.374. The third-order valence-corrected chi connectivity index (χ3v) is 7.65. The van der Waals surface area contributed by atoms with E-state index in [0.717, 1.165) is 45.5 Å². The molecular weight excluding hydrogens is 482 g/mol. The summed E-state index contributed by atoms with van der Waals surface area (Å²) >= 11 is 1.79. The Hall–Kier alpha value is -4.37. The van der Waals surface area contributed by atoms with Gasteiger partial charge >= 0.3 is 0 Å². The Balaban J connectivity index is 1.48. The highest BCUT2D eigenvalue weighted by molar-refractivity contribution is 7.07. The summed E-state index contributed by atoms with van der Waals surface area (Å²) in [4.78, 5) is 13.8. The van der Waals surface area contributed by atoms with E-state index < -0.39 is 0 Å². The number of methoxy groups -OCH3 is 1. The summed E-state index contributed by atoms with van der Waals surface area (Å²) in [5.74, 6) is 0.560. The zero-order chi connectivity index (χ0) is 25.4. The summed E-state index contributed by atoms with van der Waals surface area (Å²) in [6.07, 6.45) is 14.7. The fourth-order valence-electron chi connectivity index (χ4n) is 4.63. The Bertz CT molecular complexity index is 1750. The molecule has 6 rings (SSSR count). The Morgan fingerprint density at radius 3 is 2.76 bits per heavy atom. The lowest BCUT2D eigenvalue weighted by molar-refractivity contribution is 0.397. The molecule has 8 nitrogen and oxygen atoms in total. The van der Waals surface area contributed by atoms with Crippen molar-refractivity contribution in [2.24, 2.45) is 7.05 Å². The minimum absolute atomic E-state index is 0.244. The van der Waals surface area contributed by atoms with E-state index in [-0.39, 0.29) is 6.04 Å². The van der Waals surface area contributed by atoms with E-state index in [1.54, 1.807) is 41.7 Å². The lowest BCUT2D eigenvalue weighted by atomic mass is 9.99. The van der Waals surface area contributed by atoms with Crippen LogP contribution in [0.15, 0.2) is 60.5 Å². The molecule has 1 N–H and O–H groups in total. The topological polar surface area (TPSA) is 90.6 Å². The molecule has 1 atom stereocenters. The lowest BCUT2D eigenvalue weighted by Gasteiger charge is -2.21. The minimum Gasteiger partial charge on any atom is -0.481 e. The molecule has 1 aliphatic rings. The van der Waals surface area contributed by atoms with Gasteiger partial charge in [-0.15, -0.1) is 16.4 Å². The predicted octanol–water partition coefficient (Wildman–Crippen LogP) is 3.78. The molecule has 1 aromatic carbocycles. The molecule has 0 amide bonds. The number of thiophene rings is 1. The highest BCUT2D eigenvalue weighted by atomic mass is 32.1. The van der Waals surface area contributed by atoms with E-state index in [0.29, 0.717) is 5.88 Å². The van der Waals surface area contributed by atoms with Crippen molar-refractivity contribution >= 4 is 45.8 Å². The predicted molar refractivity (Wildman–Crippen MR) is 147 cm³/mol. The van der Waals surface area contributed by atoms with Crippen LogP contribution in [0.5, 0.6) is 5.88 Å². The fourth-order valence-corrected chi connectivity index (χ4v) is 5.60. The largest absolute Gasteiger partial charge is 0.481 e. The van der Waals surface area contributed by atoms with Gasteiger partial charge in [0.25, 0.3) is 0 Å². The van der Waals surface area contributed by atoms with Gasteiger partial charge in [-0.25, -0.2) is 9.67 Å². The number of ether oxygens (including phenoxy) is 1. The molecule has 184 valence electrons. The summed E-state index contributed by atoms with van der Waals surface area (Å²) in [5.41, 5.74) is 7.92. The minimum atomic E-state index is -0.244. The average Bonchev–Trinajstić information content (AvgIpc) is 3.43. The number of rotatable bonds is 6. The van der Waals surface area contributed by atoms with Crippen molar-refractivity contribution in [1.29, 1.82) is 0 Å². The average molecular weight is 508 g/mol. The first-order valence-corrected chi connectivity index (χ1v) is 12.8. The number of nitrogens with zero attached hydrogens (tertiary/aromatic N) is 6. The number of anilines is 1. The number of hydrogen-bond donors (Lipinski definition) is 1. The SMILES string of the molecule is COc1ccc(C(Nc2cc(C3=CCC=c4scc(C)c4=C3)c3nccnc3c2)c2cnnn2C)cn1. The van der Waals surface area contributed by atoms with E-state index in [1.807, 2.05) is 31.4 Å². The summed E-state index contributed by atoms with van der Waals surface area (Å²) < 4.78 is 8.34. The number of benzene rings is 1. The van der Waals surface area contributed by atoms with Gasteiger partial charge in [0.15, 0.2) is 0 Å². The second kappa shape index (κ2) is 9.59. The van der Waals surface area contributed by atoms with Crippen LogP contribution in [0.4, 0.5) is 5.69 Å². The molecule has 1 aliphatic carbocycles. The van der Waals surface area contributed by atoms with Crippen molar-refractivity contribution in [3.05, 3.63) is 92.6 Å². The summed E-state index contributed by atoms with van der Waals surface area (Å²) in [7, 11) is 3.49. The third-order valence-electron chi connectivity index (χ3n) is 6.54. The van der Waals surface area contributed by atoms with Gasteiger partial charge in [0.2, 0.25) is 5.88 Å². The fraction of sp³-hybridized carbons (Fsp3) is 0.179. The van der Waals surface area contributed by atoms with Crippen LogP contribution in [-0.2, 0) is 7.05 Å². The Morgan fingerprint density at radius 1 is 1.08 bits per heavy atom. The standard InChI is InChI=1S/C28H25N7OS/c1-17-16-37-25-6-4-5-18(11-21(17)25)22-12-20(13-23-28(22)30-10-9-29-23)33-27(24-15-32-34-35(24)2)19-7-8-26(36-3)31-14-19/h5-16,27,33H,4H2,1-3H3. The van der Waals surface area contributed by atoms with Gasteiger partial charge in [-0.3, -0.25) is 9.97 Å². The smallest absolute Gasteiger partial charge is 0.212 e. The molecule has 37 heavy (non-hydrogen) atoms.